The maximum atomic E-state index is 12.6. The summed E-state index contributed by atoms with van der Waals surface area (Å²) in [5, 5.41) is 2.92. The molecule has 29 heavy (non-hydrogen) atoms. The van der Waals surface area contributed by atoms with Gasteiger partial charge in [0.05, 0.1) is 19.8 Å². The second-order valence-electron chi connectivity index (χ2n) is 7.57. The number of hydrogen-bond acceptors (Lipinski definition) is 5. The molecule has 0 saturated carbocycles. The fourth-order valence-corrected chi connectivity index (χ4v) is 3.98. The number of ketones is 1. The number of carbonyl (C=O) groups is 2. The maximum absolute atomic E-state index is 12.6. The van der Waals surface area contributed by atoms with Crippen molar-refractivity contribution in [2.75, 3.05) is 31.6 Å². The molecule has 1 fully saturated rings. The number of Topliss-reactive ketones (excluding diaryl/α,β-unsaturated/α-hetero) is 1. The summed E-state index contributed by atoms with van der Waals surface area (Å²) in [6.45, 7) is 4.04. The van der Waals surface area contributed by atoms with Crippen LogP contribution in [0.3, 0.4) is 0 Å². The van der Waals surface area contributed by atoms with Crippen LogP contribution in [0.4, 0.5) is 5.69 Å². The van der Waals surface area contributed by atoms with Gasteiger partial charge < -0.3 is 14.8 Å². The molecule has 0 radical (unpaired) electrons. The molecule has 0 spiro atoms. The summed E-state index contributed by atoms with van der Waals surface area (Å²) >= 11 is 0. The molecule has 152 valence electrons. The van der Waals surface area contributed by atoms with E-state index in [0.29, 0.717) is 31.0 Å². The topological polar surface area (TPSA) is 67.9 Å². The standard InChI is InChI=1S/C23H26N2O4/c1-16(26)17-5-2-6-19(13-17)24-23(27)15-25-10-3-7-20(25)18-8-9-21-22(14-18)29-12-4-11-28-21/h2,5-6,8-9,13-14,20H,3-4,7,10-12,15H2,1H3,(H,24,27)/t20-/m0/s1. The lowest BCUT2D eigenvalue weighted by Gasteiger charge is -2.25. The first-order chi connectivity index (χ1) is 14.1. The highest BCUT2D eigenvalue weighted by Gasteiger charge is 2.28. The number of carbonyl (C=O) groups excluding carboxylic acids is 2. The Hall–Kier alpha value is -2.86. The van der Waals surface area contributed by atoms with Crippen LogP contribution in [0.2, 0.25) is 0 Å². The van der Waals surface area contributed by atoms with Gasteiger partial charge >= 0.3 is 0 Å². The number of nitrogens with one attached hydrogen (secondary N) is 1. The van der Waals surface area contributed by atoms with E-state index in [2.05, 4.69) is 22.3 Å². The predicted octanol–water partition coefficient (Wildman–Crippen LogP) is 3.83. The minimum atomic E-state index is -0.0769. The van der Waals surface area contributed by atoms with Gasteiger partial charge in [-0.25, -0.2) is 0 Å². The molecule has 1 N–H and O–H groups in total. The smallest absolute Gasteiger partial charge is 0.238 e. The van der Waals surface area contributed by atoms with Gasteiger partial charge in [0.2, 0.25) is 5.91 Å². The van der Waals surface area contributed by atoms with E-state index in [9.17, 15) is 9.59 Å². The Morgan fingerprint density at radius 1 is 1.07 bits per heavy atom. The van der Waals surface area contributed by atoms with Gasteiger partial charge in [0.25, 0.3) is 0 Å². The van der Waals surface area contributed by atoms with E-state index in [1.807, 2.05) is 6.07 Å². The Morgan fingerprint density at radius 2 is 1.90 bits per heavy atom. The third-order valence-corrected chi connectivity index (χ3v) is 5.42. The lowest BCUT2D eigenvalue weighted by atomic mass is 10.0. The molecule has 0 bridgehead atoms. The van der Waals surface area contributed by atoms with Crippen LogP contribution in [0.15, 0.2) is 42.5 Å². The normalized spacial score (nSPS) is 18.9. The summed E-state index contributed by atoms with van der Waals surface area (Å²) in [6, 6.07) is 13.3. The van der Waals surface area contributed by atoms with Crippen molar-refractivity contribution in [1.82, 2.24) is 4.90 Å². The Kier molecular flexibility index (Phi) is 5.81. The van der Waals surface area contributed by atoms with Crippen LogP contribution in [0.25, 0.3) is 0 Å². The number of ether oxygens (including phenoxy) is 2. The molecule has 2 aliphatic heterocycles. The molecule has 1 saturated heterocycles. The molecule has 2 heterocycles. The summed E-state index contributed by atoms with van der Waals surface area (Å²) in [7, 11) is 0. The van der Waals surface area contributed by atoms with Gasteiger partial charge in [-0.3, -0.25) is 14.5 Å². The van der Waals surface area contributed by atoms with E-state index in [-0.39, 0.29) is 17.7 Å². The van der Waals surface area contributed by atoms with Crippen molar-refractivity contribution >= 4 is 17.4 Å². The Bertz CT molecular complexity index is 912. The average molecular weight is 394 g/mol. The molecule has 0 unspecified atom stereocenters. The number of fused-ring (bicyclic) bond motifs is 1. The van der Waals surface area contributed by atoms with Gasteiger partial charge in [-0.15, -0.1) is 0 Å². The van der Waals surface area contributed by atoms with Gasteiger partial charge in [-0.1, -0.05) is 18.2 Å². The zero-order chi connectivity index (χ0) is 20.2. The van der Waals surface area contributed by atoms with Crippen molar-refractivity contribution in [2.45, 2.75) is 32.2 Å². The molecule has 0 aromatic heterocycles. The zero-order valence-corrected chi connectivity index (χ0v) is 16.6. The van der Waals surface area contributed by atoms with Crippen LogP contribution in [0.5, 0.6) is 11.5 Å². The molecule has 2 aromatic carbocycles. The van der Waals surface area contributed by atoms with Gasteiger partial charge in [0.1, 0.15) is 0 Å². The highest BCUT2D eigenvalue weighted by atomic mass is 16.5. The summed E-state index contributed by atoms with van der Waals surface area (Å²) < 4.78 is 11.5. The number of anilines is 1. The van der Waals surface area contributed by atoms with Crippen LogP contribution in [-0.2, 0) is 4.79 Å². The number of amides is 1. The highest BCUT2D eigenvalue weighted by Crippen LogP contribution is 2.37. The third kappa shape index (κ3) is 4.59. The van der Waals surface area contributed by atoms with Gasteiger partial charge in [0.15, 0.2) is 17.3 Å². The molecule has 2 aliphatic rings. The minimum absolute atomic E-state index is 0.0184. The molecule has 6 nitrogen and oxygen atoms in total. The second kappa shape index (κ2) is 8.66. The molecule has 6 heteroatoms. The van der Waals surface area contributed by atoms with E-state index in [4.69, 9.17) is 9.47 Å². The van der Waals surface area contributed by atoms with Crippen LogP contribution in [0.1, 0.15) is 48.1 Å². The highest BCUT2D eigenvalue weighted by molar-refractivity contribution is 5.97. The summed E-state index contributed by atoms with van der Waals surface area (Å²) in [4.78, 5) is 26.4. The minimum Gasteiger partial charge on any atom is -0.490 e. The first kappa shape index (κ1) is 19.5. The van der Waals surface area contributed by atoms with E-state index >= 15 is 0 Å². The number of nitrogens with zero attached hydrogens (tertiary/aromatic N) is 1. The monoisotopic (exact) mass is 394 g/mol. The summed E-state index contributed by atoms with van der Waals surface area (Å²) in [5.74, 6) is 1.48. The Morgan fingerprint density at radius 3 is 2.72 bits per heavy atom. The Balaban J connectivity index is 1.43. The number of rotatable bonds is 5. The first-order valence-electron chi connectivity index (χ1n) is 10.1. The molecule has 1 atom stereocenters. The number of benzene rings is 2. The zero-order valence-electron chi connectivity index (χ0n) is 16.6. The lowest BCUT2D eigenvalue weighted by molar-refractivity contribution is -0.117. The van der Waals surface area contributed by atoms with E-state index in [1.165, 1.54) is 6.92 Å². The third-order valence-electron chi connectivity index (χ3n) is 5.42. The maximum Gasteiger partial charge on any atom is 0.238 e. The molecule has 0 aliphatic carbocycles. The van der Waals surface area contributed by atoms with Crippen molar-refractivity contribution < 1.29 is 19.1 Å². The second-order valence-corrected chi connectivity index (χ2v) is 7.57. The fraction of sp³-hybridized carbons (Fsp3) is 0.391. The first-order valence-corrected chi connectivity index (χ1v) is 10.1. The van der Waals surface area contributed by atoms with E-state index in [0.717, 1.165) is 42.9 Å². The van der Waals surface area contributed by atoms with E-state index < -0.39 is 0 Å². The number of hydrogen-bond donors (Lipinski definition) is 1. The van der Waals surface area contributed by atoms with Crippen LogP contribution < -0.4 is 14.8 Å². The fourth-order valence-electron chi connectivity index (χ4n) is 3.98. The van der Waals surface area contributed by atoms with Crippen LogP contribution >= 0.6 is 0 Å². The average Bonchev–Trinajstić information content (AvgIpc) is 3.03. The van der Waals surface area contributed by atoms with E-state index in [1.54, 1.807) is 24.3 Å². The van der Waals surface area contributed by atoms with Crippen molar-refractivity contribution in [3.05, 3.63) is 53.6 Å². The quantitative estimate of drug-likeness (QED) is 0.781. The molecular weight excluding hydrogens is 368 g/mol. The number of likely N-dealkylation sites (tertiary alicyclic amines) is 1. The van der Waals surface area contributed by atoms with Crippen molar-refractivity contribution in [2.24, 2.45) is 0 Å². The molecular formula is C23H26N2O4. The van der Waals surface area contributed by atoms with Crippen molar-refractivity contribution in [3.63, 3.8) is 0 Å². The Labute approximate surface area is 170 Å². The van der Waals surface area contributed by atoms with Crippen LogP contribution in [-0.4, -0.2) is 42.9 Å². The molecule has 4 rings (SSSR count). The van der Waals surface area contributed by atoms with Gasteiger partial charge in [0, 0.05) is 23.7 Å². The summed E-state index contributed by atoms with van der Waals surface area (Å²) in [6.07, 6.45) is 2.93. The van der Waals surface area contributed by atoms with Crippen molar-refractivity contribution in [3.8, 4) is 11.5 Å². The molecule has 1 amide bonds. The van der Waals surface area contributed by atoms with Gasteiger partial charge in [-0.05, 0) is 56.1 Å². The lowest BCUT2D eigenvalue weighted by Crippen LogP contribution is -2.33. The van der Waals surface area contributed by atoms with Crippen molar-refractivity contribution in [1.29, 1.82) is 0 Å². The largest absolute Gasteiger partial charge is 0.490 e. The molecule has 2 aromatic rings. The predicted molar refractivity (Wildman–Crippen MR) is 111 cm³/mol. The van der Waals surface area contributed by atoms with Crippen LogP contribution in [0, 0.1) is 0 Å². The summed E-state index contributed by atoms with van der Waals surface area (Å²) in [5.41, 5.74) is 2.39. The van der Waals surface area contributed by atoms with Gasteiger partial charge in [-0.2, -0.15) is 0 Å². The SMILES string of the molecule is CC(=O)c1cccc(NC(=O)CN2CCC[C@H]2c2ccc3c(c2)OCCCO3)c1.